The molecule has 1 unspecified atom stereocenters. The molecule has 1 atom stereocenters. The zero-order valence-corrected chi connectivity index (χ0v) is 20.2. The topological polar surface area (TPSA) is 84.7 Å². The molecular formula is C23H30F2N4O4S. The lowest BCUT2D eigenvalue weighted by atomic mass is 10.2. The third kappa shape index (κ3) is 4.95. The molecule has 1 aliphatic heterocycles. The Hall–Kier alpha value is -2.53. The molecule has 0 amide bonds. The summed E-state index contributed by atoms with van der Waals surface area (Å²) >= 11 is 0. The number of piperazine rings is 1. The van der Waals surface area contributed by atoms with Crippen molar-refractivity contribution < 1.29 is 21.9 Å². The van der Waals surface area contributed by atoms with Gasteiger partial charge in [-0.3, -0.25) is 4.79 Å². The number of nitrogens with zero attached hydrogens (tertiary/aromatic N) is 4. The van der Waals surface area contributed by atoms with Crippen molar-refractivity contribution in [2.24, 2.45) is 0 Å². The van der Waals surface area contributed by atoms with Gasteiger partial charge in [-0.2, -0.15) is 14.1 Å². The van der Waals surface area contributed by atoms with Gasteiger partial charge in [0.2, 0.25) is 15.8 Å². The van der Waals surface area contributed by atoms with Crippen LogP contribution in [0.4, 0.5) is 14.5 Å². The Balaban J connectivity index is 1.66. The van der Waals surface area contributed by atoms with E-state index < -0.39 is 32.5 Å². The smallest absolute Gasteiger partial charge is 0.316 e. The molecule has 0 bridgehead atoms. The van der Waals surface area contributed by atoms with E-state index in [2.05, 4.69) is 5.10 Å². The predicted molar refractivity (Wildman–Crippen MR) is 125 cm³/mol. The first-order chi connectivity index (χ1) is 16.2. The van der Waals surface area contributed by atoms with Gasteiger partial charge in [0.05, 0.1) is 23.2 Å². The van der Waals surface area contributed by atoms with Gasteiger partial charge in [0.25, 0.3) is 0 Å². The average Bonchev–Trinajstić information content (AvgIpc) is 3.32. The third-order valence-electron chi connectivity index (χ3n) is 6.62. The number of hydrogen-bond donors (Lipinski definition) is 0. The molecule has 8 nitrogen and oxygen atoms in total. The number of sulfonamides is 1. The largest absolute Gasteiger partial charge is 0.483 e. The first kappa shape index (κ1) is 24.6. The molecular weight excluding hydrogens is 466 g/mol. The van der Waals surface area contributed by atoms with E-state index in [1.165, 1.54) is 10.5 Å². The predicted octanol–water partition coefficient (Wildman–Crippen LogP) is 3.08. The quantitative estimate of drug-likeness (QED) is 0.586. The van der Waals surface area contributed by atoms with Crippen LogP contribution in [0.3, 0.4) is 0 Å². The highest BCUT2D eigenvalue weighted by Crippen LogP contribution is 2.30. The van der Waals surface area contributed by atoms with Gasteiger partial charge >= 0.3 is 5.56 Å². The highest BCUT2D eigenvalue weighted by Gasteiger charge is 2.32. The first-order valence-corrected chi connectivity index (χ1v) is 13.2. The fourth-order valence-corrected chi connectivity index (χ4v) is 6.03. The summed E-state index contributed by atoms with van der Waals surface area (Å²) in [4.78, 5) is 15.3. The van der Waals surface area contributed by atoms with E-state index >= 15 is 0 Å². The number of aromatic nitrogens is 2. The number of rotatable bonds is 7. The van der Waals surface area contributed by atoms with Crippen molar-refractivity contribution in [3.8, 4) is 11.4 Å². The Labute approximate surface area is 198 Å². The maximum absolute atomic E-state index is 13.8. The molecule has 1 aromatic carbocycles. The highest BCUT2D eigenvalue weighted by molar-refractivity contribution is 7.89. The number of anilines is 1. The van der Waals surface area contributed by atoms with Crippen molar-refractivity contribution in [1.29, 1.82) is 0 Å². The molecule has 11 heteroatoms. The third-order valence-corrected chi connectivity index (χ3v) is 9.05. The fourth-order valence-electron chi connectivity index (χ4n) is 4.43. The van der Waals surface area contributed by atoms with Crippen LogP contribution in [0.2, 0.25) is 0 Å². The Morgan fingerprint density at radius 2 is 1.71 bits per heavy atom. The maximum atomic E-state index is 13.8. The van der Waals surface area contributed by atoms with Crippen LogP contribution in [0.15, 0.2) is 29.2 Å². The maximum Gasteiger partial charge on any atom is 0.316 e. The first-order valence-electron chi connectivity index (χ1n) is 11.7. The van der Waals surface area contributed by atoms with Gasteiger partial charge in [0.1, 0.15) is 17.3 Å². The van der Waals surface area contributed by atoms with E-state index in [-0.39, 0.29) is 30.6 Å². The van der Waals surface area contributed by atoms with Crippen LogP contribution in [0.25, 0.3) is 5.69 Å². The Kier molecular flexibility index (Phi) is 7.22. The SMILES string of the molecule is CCC(C)S(=O)(=O)N1CCN(c2cnn(-c3cc(F)cc(F)c3)c(=O)c2OC2CCCC2)CC1. The zero-order valence-electron chi connectivity index (χ0n) is 19.4. The minimum absolute atomic E-state index is 0.0326. The molecule has 1 aromatic heterocycles. The molecule has 34 heavy (non-hydrogen) atoms. The van der Waals surface area contributed by atoms with Crippen molar-refractivity contribution in [2.45, 2.75) is 57.3 Å². The lowest BCUT2D eigenvalue weighted by Crippen LogP contribution is -2.51. The van der Waals surface area contributed by atoms with Gasteiger partial charge in [0, 0.05) is 32.2 Å². The van der Waals surface area contributed by atoms with Gasteiger partial charge in [-0.15, -0.1) is 0 Å². The fraction of sp³-hybridized carbons (Fsp3) is 0.565. The molecule has 2 heterocycles. The molecule has 0 N–H and O–H groups in total. The summed E-state index contributed by atoms with van der Waals surface area (Å²) in [6, 6.07) is 2.80. The molecule has 0 spiro atoms. The number of halogens is 2. The average molecular weight is 497 g/mol. The van der Waals surface area contributed by atoms with Gasteiger partial charge in [-0.05, 0) is 51.2 Å². The summed E-state index contributed by atoms with van der Waals surface area (Å²) in [6.07, 6.45) is 5.49. The van der Waals surface area contributed by atoms with Crippen molar-refractivity contribution >= 4 is 15.7 Å². The van der Waals surface area contributed by atoms with Gasteiger partial charge < -0.3 is 9.64 Å². The van der Waals surface area contributed by atoms with E-state index in [0.29, 0.717) is 25.2 Å². The highest BCUT2D eigenvalue weighted by atomic mass is 32.2. The van der Waals surface area contributed by atoms with Gasteiger partial charge in [-0.25, -0.2) is 17.2 Å². The summed E-state index contributed by atoms with van der Waals surface area (Å²) in [5.41, 5.74) is -0.176. The van der Waals surface area contributed by atoms with Crippen LogP contribution in [0.1, 0.15) is 46.0 Å². The summed E-state index contributed by atoms with van der Waals surface area (Å²) in [5.74, 6) is -1.56. The monoisotopic (exact) mass is 496 g/mol. The van der Waals surface area contributed by atoms with E-state index in [4.69, 9.17) is 4.74 Å². The van der Waals surface area contributed by atoms with Crippen LogP contribution in [-0.2, 0) is 10.0 Å². The molecule has 4 rings (SSSR count). The van der Waals surface area contributed by atoms with Crippen LogP contribution >= 0.6 is 0 Å². The summed E-state index contributed by atoms with van der Waals surface area (Å²) in [7, 11) is -3.38. The standard InChI is InChI=1S/C23H30F2N4O4S/c1-3-16(2)34(31,32)28-10-8-27(9-11-28)21-15-26-29(19-13-17(24)12-18(25)14-19)23(30)22(21)33-20-6-4-5-7-20/h12-16,20H,3-11H2,1-2H3. The van der Waals surface area contributed by atoms with Crippen molar-refractivity contribution in [3.63, 3.8) is 0 Å². The minimum Gasteiger partial charge on any atom is -0.483 e. The van der Waals surface area contributed by atoms with E-state index in [1.807, 2.05) is 11.8 Å². The molecule has 1 aliphatic carbocycles. The van der Waals surface area contributed by atoms with Crippen LogP contribution in [0, 0.1) is 11.6 Å². The van der Waals surface area contributed by atoms with Gasteiger partial charge in [-0.1, -0.05) is 6.92 Å². The second-order valence-electron chi connectivity index (χ2n) is 8.88. The molecule has 1 saturated heterocycles. The Morgan fingerprint density at radius 1 is 1.09 bits per heavy atom. The van der Waals surface area contributed by atoms with E-state index in [0.717, 1.165) is 48.6 Å². The summed E-state index contributed by atoms with van der Waals surface area (Å²) < 4.78 is 61.6. The van der Waals surface area contributed by atoms with Crippen LogP contribution in [-0.4, -0.2) is 60.0 Å². The zero-order chi connectivity index (χ0) is 24.5. The van der Waals surface area contributed by atoms with Crippen LogP contribution < -0.4 is 15.2 Å². The molecule has 2 aliphatic rings. The lowest BCUT2D eigenvalue weighted by Gasteiger charge is -2.37. The summed E-state index contributed by atoms with van der Waals surface area (Å²) in [6.45, 7) is 4.86. The number of ether oxygens (including phenoxy) is 1. The van der Waals surface area contributed by atoms with Crippen molar-refractivity contribution in [3.05, 3.63) is 46.4 Å². The van der Waals surface area contributed by atoms with Crippen molar-refractivity contribution in [1.82, 2.24) is 14.1 Å². The molecule has 2 fully saturated rings. The summed E-state index contributed by atoms with van der Waals surface area (Å²) in [5, 5.41) is 3.71. The molecule has 1 saturated carbocycles. The van der Waals surface area contributed by atoms with Crippen LogP contribution in [0.5, 0.6) is 5.75 Å². The van der Waals surface area contributed by atoms with E-state index in [9.17, 15) is 22.0 Å². The molecule has 2 aromatic rings. The van der Waals surface area contributed by atoms with Gasteiger partial charge in [0.15, 0.2) is 0 Å². The second kappa shape index (κ2) is 9.99. The minimum atomic E-state index is -3.38. The lowest BCUT2D eigenvalue weighted by molar-refractivity contribution is 0.205. The number of hydrogen-bond acceptors (Lipinski definition) is 6. The Morgan fingerprint density at radius 3 is 2.29 bits per heavy atom. The second-order valence-corrected chi connectivity index (χ2v) is 11.2. The Bertz CT molecular complexity index is 1170. The van der Waals surface area contributed by atoms with E-state index in [1.54, 1.807) is 6.92 Å². The van der Waals surface area contributed by atoms with Crippen molar-refractivity contribution in [2.75, 3.05) is 31.1 Å². The molecule has 0 radical (unpaired) electrons. The number of benzene rings is 1. The normalized spacial score (nSPS) is 18.9. The molecule has 186 valence electrons.